The lowest BCUT2D eigenvalue weighted by Crippen LogP contribution is -2.12. The molecule has 1 aromatic heterocycles. The zero-order valence-corrected chi connectivity index (χ0v) is 16.2. The Kier molecular flexibility index (Phi) is 5.74. The van der Waals surface area contributed by atoms with Gasteiger partial charge < -0.3 is 10.1 Å². The summed E-state index contributed by atoms with van der Waals surface area (Å²) in [5.41, 5.74) is 2.22. The van der Waals surface area contributed by atoms with Gasteiger partial charge in [0.2, 0.25) is 0 Å². The van der Waals surface area contributed by atoms with Crippen LogP contribution in [-0.4, -0.2) is 17.6 Å². The Labute approximate surface area is 163 Å². The van der Waals surface area contributed by atoms with Crippen molar-refractivity contribution in [2.75, 3.05) is 11.9 Å². The van der Waals surface area contributed by atoms with E-state index in [1.54, 1.807) is 19.1 Å². The van der Waals surface area contributed by atoms with Crippen molar-refractivity contribution in [1.82, 2.24) is 4.98 Å². The fourth-order valence-corrected chi connectivity index (χ4v) is 3.20. The average Bonchev–Trinajstić information content (AvgIpc) is 2.61. The Hall–Kier alpha value is -2.18. The molecule has 26 heavy (non-hydrogen) atoms. The second-order valence-corrected chi connectivity index (χ2v) is 6.79. The molecule has 0 aliphatic carbocycles. The van der Waals surface area contributed by atoms with Gasteiger partial charge in [-0.25, -0.2) is 14.2 Å². The quantitative estimate of drug-likeness (QED) is 0.418. The monoisotopic (exact) mass is 436 g/mol. The average molecular weight is 438 g/mol. The molecule has 0 radical (unpaired) electrons. The molecule has 7 heteroatoms. The fraction of sp³-hybridized carbons (Fsp3) is 0.158. The van der Waals surface area contributed by atoms with E-state index in [1.165, 1.54) is 12.1 Å². The van der Waals surface area contributed by atoms with E-state index in [-0.39, 0.29) is 23.1 Å². The van der Waals surface area contributed by atoms with Crippen LogP contribution in [0.3, 0.4) is 0 Å². The second kappa shape index (κ2) is 8.01. The van der Waals surface area contributed by atoms with Crippen LogP contribution in [-0.2, 0) is 11.3 Å². The van der Waals surface area contributed by atoms with Crippen LogP contribution in [0.1, 0.15) is 22.8 Å². The number of ether oxygens (including phenoxy) is 1. The molecular weight excluding hydrogens is 423 g/mol. The number of nitrogens with one attached hydrogen (secondary N) is 1. The topological polar surface area (TPSA) is 51.2 Å². The van der Waals surface area contributed by atoms with Crippen LogP contribution in [0.5, 0.6) is 0 Å². The Balaban J connectivity index is 2.08. The van der Waals surface area contributed by atoms with Crippen LogP contribution in [0.15, 0.2) is 46.9 Å². The van der Waals surface area contributed by atoms with Gasteiger partial charge in [0.25, 0.3) is 0 Å². The first-order valence-corrected chi connectivity index (χ1v) is 9.11. The number of hydrogen-bond acceptors (Lipinski definition) is 4. The predicted molar refractivity (Wildman–Crippen MR) is 104 cm³/mol. The van der Waals surface area contributed by atoms with Gasteiger partial charge in [0.15, 0.2) is 0 Å². The van der Waals surface area contributed by atoms with Crippen molar-refractivity contribution in [3.63, 3.8) is 0 Å². The SMILES string of the molecule is CCOC(=O)c1c(Cl)nc2ccc(Br)cc2c1NCc1ccc(F)cc1. The van der Waals surface area contributed by atoms with E-state index < -0.39 is 5.97 Å². The van der Waals surface area contributed by atoms with Crippen LogP contribution >= 0.6 is 27.5 Å². The fourth-order valence-electron chi connectivity index (χ4n) is 2.57. The van der Waals surface area contributed by atoms with E-state index in [9.17, 15) is 9.18 Å². The zero-order valence-electron chi connectivity index (χ0n) is 13.9. The van der Waals surface area contributed by atoms with Crippen LogP contribution in [0.4, 0.5) is 10.1 Å². The minimum absolute atomic E-state index is 0.0693. The summed E-state index contributed by atoms with van der Waals surface area (Å²) >= 11 is 9.70. The van der Waals surface area contributed by atoms with Gasteiger partial charge >= 0.3 is 5.97 Å². The molecule has 0 bridgehead atoms. The molecule has 0 saturated heterocycles. The van der Waals surface area contributed by atoms with Crippen molar-refractivity contribution >= 4 is 50.1 Å². The molecule has 1 N–H and O–H groups in total. The number of anilines is 1. The Bertz CT molecular complexity index is 964. The molecule has 0 aliphatic rings. The number of benzene rings is 2. The third kappa shape index (κ3) is 3.97. The summed E-state index contributed by atoms with van der Waals surface area (Å²) in [4.78, 5) is 16.7. The number of nitrogens with zero attached hydrogens (tertiary/aromatic N) is 1. The van der Waals surface area contributed by atoms with Gasteiger partial charge in [-0.15, -0.1) is 0 Å². The molecule has 0 saturated carbocycles. The molecule has 3 rings (SSSR count). The largest absolute Gasteiger partial charge is 0.462 e. The minimum Gasteiger partial charge on any atom is -0.462 e. The highest BCUT2D eigenvalue weighted by Crippen LogP contribution is 2.34. The Morgan fingerprint density at radius 3 is 2.69 bits per heavy atom. The van der Waals surface area contributed by atoms with Gasteiger partial charge in [-0.1, -0.05) is 39.7 Å². The number of esters is 1. The highest BCUT2D eigenvalue weighted by atomic mass is 79.9. The first-order chi connectivity index (χ1) is 12.5. The molecule has 2 aromatic carbocycles. The number of pyridine rings is 1. The first kappa shape index (κ1) is 18.6. The summed E-state index contributed by atoms with van der Waals surface area (Å²) < 4.78 is 19.1. The standard InChI is InChI=1S/C19H15BrClFN2O2/c1-2-26-19(25)16-17(23-10-11-3-6-13(22)7-4-11)14-9-12(20)5-8-15(14)24-18(16)21/h3-9H,2,10H2,1H3,(H,23,24). The Morgan fingerprint density at radius 2 is 2.00 bits per heavy atom. The van der Waals surface area contributed by atoms with Gasteiger partial charge in [-0.2, -0.15) is 0 Å². The lowest BCUT2D eigenvalue weighted by Gasteiger charge is -2.16. The first-order valence-electron chi connectivity index (χ1n) is 7.93. The van der Waals surface area contributed by atoms with Gasteiger partial charge in [0.1, 0.15) is 16.5 Å². The molecule has 0 fully saturated rings. The molecule has 3 aromatic rings. The maximum atomic E-state index is 13.1. The maximum absolute atomic E-state index is 13.1. The van der Waals surface area contributed by atoms with E-state index in [0.29, 0.717) is 17.7 Å². The van der Waals surface area contributed by atoms with Crippen molar-refractivity contribution in [1.29, 1.82) is 0 Å². The number of hydrogen-bond donors (Lipinski definition) is 1. The van der Waals surface area contributed by atoms with Crippen LogP contribution in [0, 0.1) is 5.82 Å². The minimum atomic E-state index is -0.548. The highest BCUT2D eigenvalue weighted by molar-refractivity contribution is 9.10. The van der Waals surface area contributed by atoms with E-state index in [2.05, 4.69) is 26.2 Å². The number of carbonyl (C=O) groups is 1. The van der Waals surface area contributed by atoms with Crippen molar-refractivity contribution in [3.8, 4) is 0 Å². The molecule has 0 unspecified atom stereocenters. The van der Waals surface area contributed by atoms with Crippen molar-refractivity contribution < 1.29 is 13.9 Å². The number of carbonyl (C=O) groups excluding carboxylic acids is 1. The summed E-state index contributed by atoms with van der Waals surface area (Å²) in [7, 11) is 0. The molecule has 134 valence electrons. The number of fused-ring (bicyclic) bond motifs is 1. The van der Waals surface area contributed by atoms with E-state index in [4.69, 9.17) is 16.3 Å². The molecule has 0 atom stereocenters. The second-order valence-electron chi connectivity index (χ2n) is 5.51. The lowest BCUT2D eigenvalue weighted by molar-refractivity contribution is 0.0527. The highest BCUT2D eigenvalue weighted by Gasteiger charge is 2.21. The van der Waals surface area contributed by atoms with Crippen molar-refractivity contribution in [3.05, 3.63) is 69.0 Å². The van der Waals surface area contributed by atoms with E-state index in [1.807, 2.05) is 18.2 Å². The predicted octanol–water partition coefficient (Wildman–Crippen LogP) is 5.58. The third-order valence-corrected chi connectivity index (χ3v) is 4.53. The van der Waals surface area contributed by atoms with Crippen LogP contribution in [0.25, 0.3) is 10.9 Å². The third-order valence-electron chi connectivity index (χ3n) is 3.76. The van der Waals surface area contributed by atoms with Gasteiger partial charge in [-0.05, 0) is 42.8 Å². The van der Waals surface area contributed by atoms with E-state index >= 15 is 0 Å². The maximum Gasteiger partial charge on any atom is 0.343 e. The zero-order chi connectivity index (χ0) is 18.7. The van der Waals surface area contributed by atoms with Crippen LogP contribution < -0.4 is 5.32 Å². The number of halogens is 3. The van der Waals surface area contributed by atoms with Crippen LogP contribution in [0.2, 0.25) is 5.15 Å². The molecule has 0 aliphatic heterocycles. The van der Waals surface area contributed by atoms with Crippen molar-refractivity contribution in [2.45, 2.75) is 13.5 Å². The summed E-state index contributed by atoms with van der Waals surface area (Å²) in [6, 6.07) is 11.6. The summed E-state index contributed by atoms with van der Waals surface area (Å²) in [6.07, 6.45) is 0. The smallest absolute Gasteiger partial charge is 0.343 e. The summed E-state index contributed by atoms with van der Waals surface area (Å²) in [5.74, 6) is -0.851. The molecule has 4 nitrogen and oxygen atoms in total. The lowest BCUT2D eigenvalue weighted by atomic mass is 10.1. The van der Waals surface area contributed by atoms with Gasteiger partial charge in [0, 0.05) is 16.4 Å². The normalized spacial score (nSPS) is 10.8. The molecular formula is C19H15BrClFN2O2. The Morgan fingerprint density at radius 1 is 1.27 bits per heavy atom. The summed E-state index contributed by atoms with van der Waals surface area (Å²) in [6.45, 7) is 2.33. The molecule has 0 amide bonds. The molecule has 0 spiro atoms. The van der Waals surface area contributed by atoms with Gasteiger partial charge in [-0.3, -0.25) is 0 Å². The van der Waals surface area contributed by atoms with E-state index in [0.717, 1.165) is 15.4 Å². The number of aromatic nitrogens is 1. The summed E-state index contributed by atoms with van der Waals surface area (Å²) in [5, 5.41) is 4.03. The van der Waals surface area contributed by atoms with Gasteiger partial charge in [0.05, 0.1) is 17.8 Å². The van der Waals surface area contributed by atoms with Crippen molar-refractivity contribution in [2.24, 2.45) is 0 Å². The number of rotatable bonds is 5. The molecule has 1 heterocycles.